The van der Waals surface area contributed by atoms with E-state index < -0.39 is 12.0 Å². The van der Waals surface area contributed by atoms with E-state index >= 15 is 0 Å². The summed E-state index contributed by atoms with van der Waals surface area (Å²) in [6, 6.07) is 6.90. The van der Waals surface area contributed by atoms with Crippen LogP contribution in [-0.4, -0.2) is 28.9 Å². The minimum Gasteiger partial charge on any atom is -0.479 e. The highest BCUT2D eigenvalue weighted by molar-refractivity contribution is 5.78. The normalized spacial score (nSPS) is 11.2. The third-order valence-corrected chi connectivity index (χ3v) is 1.94. The second-order valence-electron chi connectivity index (χ2n) is 2.91. The third-order valence-electron chi connectivity index (χ3n) is 1.94. The molecule has 6 heteroatoms. The number of nitrogens with one attached hydrogen (secondary N) is 1. The third kappa shape index (κ3) is 2.57. The summed E-state index contributed by atoms with van der Waals surface area (Å²) in [4.78, 5) is 31.9. The highest BCUT2D eigenvalue weighted by atomic mass is 16.4. The first-order valence-corrected chi connectivity index (χ1v) is 4.42. The summed E-state index contributed by atoms with van der Waals surface area (Å²) in [6.07, 6.45) is 0.494. The van der Waals surface area contributed by atoms with Gasteiger partial charge in [-0.15, -0.1) is 0 Å². The zero-order valence-corrected chi connectivity index (χ0v) is 8.24. The Morgan fingerprint density at radius 3 is 2.38 bits per heavy atom. The molecule has 84 valence electrons. The second-order valence-corrected chi connectivity index (χ2v) is 2.91. The largest absolute Gasteiger partial charge is 0.479 e. The summed E-state index contributed by atoms with van der Waals surface area (Å²) >= 11 is 0. The summed E-state index contributed by atoms with van der Waals surface area (Å²) in [5.74, 6) is -1.23. The number of rotatable bonds is 6. The van der Waals surface area contributed by atoms with Crippen LogP contribution >= 0.6 is 0 Å². The van der Waals surface area contributed by atoms with E-state index in [2.05, 4.69) is 0 Å². The predicted octanol–water partition coefficient (Wildman–Crippen LogP) is -0.0683. The maximum absolute atomic E-state index is 11.0. The molecule has 1 rings (SSSR count). The standard InChI is InChI=1S/C10H10N2O4/c13-6-11-12(7-14)9(10(15)16)8-4-2-1-3-5-8/h1-7,9H,(H,11,13)(H,15,16)/t9-/m1/s1. The van der Waals surface area contributed by atoms with E-state index in [1.165, 1.54) is 0 Å². The van der Waals surface area contributed by atoms with Gasteiger partial charge in [-0.3, -0.25) is 15.0 Å². The molecule has 0 aliphatic carbocycles. The van der Waals surface area contributed by atoms with Gasteiger partial charge in [0.1, 0.15) is 0 Å². The van der Waals surface area contributed by atoms with Crippen LogP contribution < -0.4 is 5.43 Å². The van der Waals surface area contributed by atoms with Crippen LogP contribution in [0.4, 0.5) is 0 Å². The van der Waals surface area contributed by atoms with Crippen LogP contribution in [0.1, 0.15) is 11.6 Å². The van der Waals surface area contributed by atoms with Gasteiger partial charge in [0.2, 0.25) is 12.8 Å². The molecule has 16 heavy (non-hydrogen) atoms. The van der Waals surface area contributed by atoms with Gasteiger partial charge in [0.15, 0.2) is 6.04 Å². The molecule has 0 aliphatic rings. The number of hydrogen-bond donors (Lipinski definition) is 2. The fourth-order valence-corrected chi connectivity index (χ4v) is 1.28. The maximum atomic E-state index is 11.0. The molecule has 0 unspecified atom stereocenters. The maximum Gasteiger partial charge on any atom is 0.333 e. The Kier molecular flexibility index (Phi) is 4.02. The minimum atomic E-state index is -1.23. The number of aliphatic carboxylic acids is 1. The van der Waals surface area contributed by atoms with Crippen LogP contribution in [0.15, 0.2) is 30.3 Å². The first-order chi connectivity index (χ1) is 7.70. The van der Waals surface area contributed by atoms with Crippen molar-refractivity contribution in [1.82, 2.24) is 10.4 Å². The highest BCUT2D eigenvalue weighted by Crippen LogP contribution is 2.17. The summed E-state index contributed by atoms with van der Waals surface area (Å²) in [7, 11) is 0. The van der Waals surface area contributed by atoms with E-state index in [0.29, 0.717) is 10.6 Å². The van der Waals surface area contributed by atoms with Crippen LogP contribution in [0, 0.1) is 0 Å². The average molecular weight is 222 g/mol. The second kappa shape index (κ2) is 5.50. The lowest BCUT2D eigenvalue weighted by atomic mass is 10.1. The number of hydrogen-bond acceptors (Lipinski definition) is 3. The van der Waals surface area contributed by atoms with E-state index in [4.69, 9.17) is 5.11 Å². The van der Waals surface area contributed by atoms with Crippen molar-refractivity contribution in [1.29, 1.82) is 0 Å². The monoisotopic (exact) mass is 222 g/mol. The number of carbonyl (C=O) groups is 3. The fraction of sp³-hybridized carbons (Fsp3) is 0.100. The molecular formula is C10H10N2O4. The Morgan fingerprint density at radius 1 is 1.31 bits per heavy atom. The minimum absolute atomic E-state index is 0.243. The molecule has 0 heterocycles. The van der Waals surface area contributed by atoms with Crippen LogP contribution in [0.2, 0.25) is 0 Å². The molecule has 1 atom stereocenters. The topological polar surface area (TPSA) is 86.7 Å². The quantitative estimate of drug-likeness (QED) is 0.521. The summed E-state index contributed by atoms with van der Waals surface area (Å²) in [6.45, 7) is 0. The highest BCUT2D eigenvalue weighted by Gasteiger charge is 2.26. The molecule has 2 amide bonds. The molecule has 0 aromatic heterocycles. The van der Waals surface area contributed by atoms with Gasteiger partial charge in [-0.1, -0.05) is 30.3 Å². The Balaban J connectivity index is 3.03. The molecule has 0 spiro atoms. The van der Waals surface area contributed by atoms with E-state index in [9.17, 15) is 14.4 Å². The summed E-state index contributed by atoms with van der Waals surface area (Å²) in [5.41, 5.74) is 2.42. The Hall–Kier alpha value is -2.37. The number of carboxylic acid groups (broad SMARTS) is 1. The van der Waals surface area contributed by atoms with Gasteiger partial charge >= 0.3 is 5.97 Å². The Morgan fingerprint density at radius 2 is 1.94 bits per heavy atom. The van der Waals surface area contributed by atoms with Crippen molar-refractivity contribution < 1.29 is 19.5 Å². The molecule has 0 aliphatic heterocycles. The average Bonchev–Trinajstić information content (AvgIpc) is 2.29. The molecule has 0 saturated carbocycles. The smallest absolute Gasteiger partial charge is 0.333 e. The van der Waals surface area contributed by atoms with E-state index in [1.807, 2.05) is 5.43 Å². The van der Waals surface area contributed by atoms with Gasteiger partial charge in [0.25, 0.3) is 0 Å². The van der Waals surface area contributed by atoms with E-state index in [0.717, 1.165) is 0 Å². The van der Waals surface area contributed by atoms with Crippen molar-refractivity contribution in [3.05, 3.63) is 35.9 Å². The molecule has 0 bridgehead atoms. The Labute approximate surface area is 91.4 Å². The lowest BCUT2D eigenvalue weighted by molar-refractivity contribution is -0.149. The lowest BCUT2D eigenvalue weighted by Crippen LogP contribution is -2.42. The first-order valence-electron chi connectivity index (χ1n) is 4.42. The van der Waals surface area contributed by atoms with Gasteiger partial charge in [-0.25, -0.2) is 9.80 Å². The van der Waals surface area contributed by atoms with Crippen LogP contribution in [0.25, 0.3) is 0 Å². The molecule has 1 aromatic rings. The molecule has 0 fully saturated rings. The zero-order chi connectivity index (χ0) is 12.0. The molecular weight excluding hydrogens is 212 g/mol. The van der Waals surface area contributed by atoms with Gasteiger partial charge in [0, 0.05) is 0 Å². The fourth-order valence-electron chi connectivity index (χ4n) is 1.28. The number of amides is 2. The van der Waals surface area contributed by atoms with E-state index in [-0.39, 0.29) is 12.8 Å². The van der Waals surface area contributed by atoms with Crippen LogP contribution in [0.5, 0.6) is 0 Å². The molecule has 0 radical (unpaired) electrons. The summed E-state index contributed by atoms with van der Waals surface area (Å²) in [5, 5.41) is 9.68. The van der Waals surface area contributed by atoms with Crippen LogP contribution in [0.3, 0.4) is 0 Å². The number of benzene rings is 1. The number of carboxylic acids is 1. The van der Waals surface area contributed by atoms with Crippen LogP contribution in [-0.2, 0) is 14.4 Å². The Bertz CT molecular complexity index is 380. The zero-order valence-electron chi connectivity index (χ0n) is 8.24. The van der Waals surface area contributed by atoms with Crippen molar-refractivity contribution in [2.75, 3.05) is 0 Å². The number of nitrogens with zero attached hydrogens (tertiary/aromatic N) is 1. The number of carbonyl (C=O) groups excluding carboxylic acids is 2. The van der Waals surface area contributed by atoms with Gasteiger partial charge in [-0.2, -0.15) is 0 Å². The van der Waals surface area contributed by atoms with Gasteiger partial charge in [-0.05, 0) is 5.56 Å². The lowest BCUT2D eigenvalue weighted by Gasteiger charge is -2.23. The van der Waals surface area contributed by atoms with Crippen molar-refractivity contribution in [2.24, 2.45) is 0 Å². The molecule has 0 saturated heterocycles. The molecule has 6 nitrogen and oxygen atoms in total. The van der Waals surface area contributed by atoms with E-state index in [1.54, 1.807) is 30.3 Å². The summed E-state index contributed by atoms with van der Waals surface area (Å²) < 4.78 is 0. The van der Waals surface area contributed by atoms with Crippen molar-refractivity contribution >= 4 is 18.8 Å². The van der Waals surface area contributed by atoms with Crippen molar-refractivity contribution in [2.45, 2.75) is 6.04 Å². The number of hydrazine groups is 1. The van der Waals surface area contributed by atoms with Crippen molar-refractivity contribution in [3.63, 3.8) is 0 Å². The predicted molar refractivity (Wildman–Crippen MR) is 53.9 cm³/mol. The van der Waals surface area contributed by atoms with Gasteiger partial charge < -0.3 is 5.11 Å². The SMILES string of the molecule is O=CNN(C=O)[C@@H](C(=O)O)c1ccccc1. The van der Waals surface area contributed by atoms with Gasteiger partial charge in [0.05, 0.1) is 0 Å². The molecule has 1 aromatic carbocycles. The first kappa shape index (κ1) is 11.7. The van der Waals surface area contributed by atoms with Crippen molar-refractivity contribution in [3.8, 4) is 0 Å². The molecule has 2 N–H and O–H groups in total.